The summed E-state index contributed by atoms with van der Waals surface area (Å²) in [5.74, 6) is 0.872. The van der Waals surface area contributed by atoms with E-state index >= 15 is 0 Å². The number of H-pyrrole nitrogens is 1. The van der Waals surface area contributed by atoms with Crippen LogP contribution in [0.5, 0.6) is 5.75 Å². The number of fused-ring (bicyclic) bond motifs is 1. The minimum absolute atomic E-state index is 0.0664. The van der Waals surface area contributed by atoms with Crippen LogP contribution in [0.4, 0.5) is 19.1 Å². The Morgan fingerprint density at radius 2 is 1.79 bits per heavy atom. The van der Waals surface area contributed by atoms with E-state index in [1.807, 2.05) is 9.80 Å². The molecule has 1 saturated carbocycles. The van der Waals surface area contributed by atoms with Crippen molar-refractivity contribution in [2.24, 2.45) is 5.92 Å². The van der Waals surface area contributed by atoms with E-state index in [0.29, 0.717) is 43.4 Å². The first kappa shape index (κ1) is 22.5. The molecule has 2 aromatic heterocycles. The zero-order valence-electron chi connectivity index (χ0n) is 17.8. The number of piperazine rings is 1. The highest BCUT2D eigenvalue weighted by Crippen LogP contribution is 2.36. The van der Waals surface area contributed by atoms with Gasteiger partial charge in [0.15, 0.2) is 12.0 Å². The van der Waals surface area contributed by atoms with Crippen molar-refractivity contribution in [3.05, 3.63) is 47.0 Å². The average molecular weight is 491 g/mol. The lowest BCUT2D eigenvalue weighted by molar-refractivity contribution is -0.132. The summed E-state index contributed by atoms with van der Waals surface area (Å²) in [6.07, 6.45) is 5.06. The summed E-state index contributed by atoms with van der Waals surface area (Å²) < 4.78 is 42.6. The number of pyridine rings is 1. The normalized spacial score (nSPS) is 16.7. The average Bonchev–Trinajstić information content (AvgIpc) is 3.68. The Kier molecular flexibility index (Phi) is 5.84. The van der Waals surface area contributed by atoms with E-state index in [0.717, 1.165) is 12.8 Å². The molecule has 0 spiro atoms. The molecule has 0 unspecified atom stereocenters. The fourth-order valence-electron chi connectivity index (χ4n) is 3.92. The molecule has 2 aliphatic rings. The van der Waals surface area contributed by atoms with Gasteiger partial charge in [0.2, 0.25) is 11.9 Å². The van der Waals surface area contributed by atoms with Crippen molar-refractivity contribution in [2.75, 3.05) is 31.1 Å². The van der Waals surface area contributed by atoms with Gasteiger partial charge in [0.05, 0.1) is 11.1 Å². The number of hydrogen-bond donors (Lipinski definition) is 1. The Hall–Kier alpha value is -3.28. The van der Waals surface area contributed by atoms with E-state index in [1.54, 1.807) is 18.5 Å². The molecule has 3 aromatic rings. The third-order valence-electron chi connectivity index (χ3n) is 5.82. The number of hydrogen-bond acceptors (Lipinski definition) is 7. The molecule has 34 heavy (non-hydrogen) atoms. The number of carbonyl (C=O) groups is 1. The zero-order chi connectivity index (χ0) is 23.9. The number of alkyl halides is 3. The number of amides is 1. The smallest absolute Gasteiger partial charge is 0.416 e. The highest BCUT2D eigenvalue weighted by atomic mass is 32.2. The number of aromatic amines is 1. The number of nitrogens with zero attached hydrogens (tertiary/aromatic N) is 4. The molecule has 8 nitrogen and oxygen atoms in total. The van der Waals surface area contributed by atoms with Gasteiger partial charge in [0.25, 0.3) is 5.56 Å². The first-order chi connectivity index (χ1) is 16.3. The largest absolute Gasteiger partial charge is 0.479 e. The van der Waals surface area contributed by atoms with Crippen LogP contribution in [0.15, 0.2) is 41.5 Å². The molecule has 1 aliphatic carbocycles. The maximum absolute atomic E-state index is 12.6. The summed E-state index contributed by atoms with van der Waals surface area (Å²) in [7, 11) is 0. The zero-order valence-corrected chi connectivity index (χ0v) is 18.7. The highest BCUT2D eigenvalue weighted by molar-refractivity contribution is 7.95. The lowest BCUT2D eigenvalue weighted by Crippen LogP contribution is -2.49. The Labute approximate surface area is 196 Å². The van der Waals surface area contributed by atoms with E-state index in [1.165, 1.54) is 18.2 Å². The molecule has 0 bridgehead atoms. The Balaban J connectivity index is 1.34. The molecular weight excluding hydrogens is 471 g/mol. The topological polar surface area (TPSA) is 91.4 Å². The standard InChI is InChI=1S/C22H20F3N5O3S/c23-22(24,25)34-33-18-3-1-2-15-16(18)10-17(28-19(15)31)14-11-26-21(27-12-14)30-8-6-29(7-9-30)20(32)13-4-5-13/h1-3,10-13H,4-9H2,(H,28,31). The van der Waals surface area contributed by atoms with Gasteiger partial charge in [0.1, 0.15) is 5.75 Å². The van der Waals surface area contributed by atoms with Crippen LogP contribution in [0.3, 0.4) is 0 Å². The fourth-order valence-corrected chi connectivity index (χ4v) is 4.25. The lowest BCUT2D eigenvalue weighted by Gasteiger charge is -2.34. The van der Waals surface area contributed by atoms with Crippen LogP contribution in [-0.2, 0) is 4.79 Å². The summed E-state index contributed by atoms with van der Waals surface area (Å²) in [6, 6.07) is 5.89. The van der Waals surface area contributed by atoms with Gasteiger partial charge in [-0.25, -0.2) is 9.97 Å². The predicted octanol–water partition coefficient (Wildman–Crippen LogP) is 3.59. The van der Waals surface area contributed by atoms with Crippen LogP contribution in [-0.4, -0.2) is 57.4 Å². The van der Waals surface area contributed by atoms with E-state index in [9.17, 15) is 22.8 Å². The molecule has 1 aromatic carbocycles. The Morgan fingerprint density at radius 1 is 1.09 bits per heavy atom. The highest BCUT2D eigenvalue weighted by Gasteiger charge is 2.35. The number of halogens is 3. The number of benzene rings is 1. The van der Waals surface area contributed by atoms with Gasteiger partial charge in [-0.2, -0.15) is 13.2 Å². The molecule has 1 N–H and O–H groups in total. The SMILES string of the molecule is O=C(C1CC1)N1CCN(c2ncc(-c3cc4c(OSC(F)(F)F)cccc4c(=O)[nH]3)cn2)CC1. The van der Waals surface area contributed by atoms with Crippen LogP contribution in [0, 0.1) is 5.92 Å². The Bertz CT molecular complexity index is 1270. The third-order valence-corrected chi connectivity index (χ3v) is 6.28. The van der Waals surface area contributed by atoms with E-state index in [-0.39, 0.29) is 28.3 Å². The maximum atomic E-state index is 12.6. The second kappa shape index (κ2) is 8.82. The molecule has 1 amide bonds. The second-order valence-corrected chi connectivity index (χ2v) is 9.00. The van der Waals surface area contributed by atoms with E-state index < -0.39 is 23.1 Å². The first-order valence-corrected chi connectivity index (χ1v) is 11.5. The molecule has 12 heteroatoms. The molecule has 0 atom stereocenters. The molecule has 1 aliphatic heterocycles. The summed E-state index contributed by atoms with van der Waals surface area (Å²) in [5.41, 5.74) is -4.18. The quantitative estimate of drug-likeness (QED) is 0.546. The summed E-state index contributed by atoms with van der Waals surface area (Å²) in [4.78, 5) is 40.2. The molecule has 2 fully saturated rings. The monoisotopic (exact) mass is 491 g/mol. The van der Waals surface area contributed by atoms with E-state index in [2.05, 4.69) is 15.0 Å². The lowest BCUT2D eigenvalue weighted by atomic mass is 10.1. The molecular formula is C22H20F3N5O3S. The maximum Gasteiger partial charge on any atom is 0.479 e. The summed E-state index contributed by atoms with van der Waals surface area (Å²) in [5, 5.41) is 0.457. The van der Waals surface area contributed by atoms with Crippen molar-refractivity contribution >= 4 is 34.7 Å². The minimum atomic E-state index is -4.58. The molecule has 3 heterocycles. The fraction of sp³-hybridized carbons (Fsp3) is 0.364. The summed E-state index contributed by atoms with van der Waals surface area (Å²) >= 11 is -0.633. The van der Waals surface area contributed by atoms with Crippen LogP contribution < -0.4 is 14.6 Å². The summed E-state index contributed by atoms with van der Waals surface area (Å²) in [6.45, 7) is 2.50. The van der Waals surface area contributed by atoms with Crippen molar-refractivity contribution < 1.29 is 22.1 Å². The van der Waals surface area contributed by atoms with Crippen molar-refractivity contribution in [1.82, 2.24) is 19.9 Å². The van der Waals surface area contributed by atoms with Crippen molar-refractivity contribution in [3.63, 3.8) is 0 Å². The first-order valence-electron chi connectivity index (χ1n) is 10.7. The van der Waals surface area contributed by atoms with Crippen molar-refractivity contribution in [3.8, 4) is 17.0 Å². The molecule has 1 saturated heterocycles. The van der Waals surface area contributed by atoms with Gasteiger partial charge in [-0.1, -0.05) is 6.07 Å². The molecule has 0 radical (unpaired) electrons. The molecule has 5 rings (SSSR count). The predicted molar refractivity (Wildman–Crippen MR) is 121 cm³/mol. The number of aromatic nitrogens is 3. The van der Waals surface area contributed by atoms with Gasteiger partial charge < -0.3 is 19.0 Å². The van der Waals surface area contributed by atoms with E-state index in [4.69, 9.17) is 4.18 Å². The van der Waals surface area contributed by atoms with Crippen LogP contribution in [0.2, 0.25) is 0 Å². The third kappa shape index (κ3) is 4.81. The van der Waals surface area contributed by atoms with Crippen molar-refractivity contribution in [2.45, 2.75) is 18.3 Å². The number of rotatable bonds is 5. The van der Waals surface area contributed by atoms with Crippen LogP contribution in [0.1, 0.15) is 12.8 Å². The van der Waals surface area contributed by atoms with Gasteiger partial charge in [-0.15, -0.1) is 0 Å². The second-order valence-electron chi connectivity index (χ2n) is 8.20. The van der Waals surface area contributed by atoms with Gasteiger partial charge >= 0.3 is 5.51 Å². The van der Waals surface area contributed by atoms with Gasteiger partial charge in [-0.3, -0.25) is 9.59 Å². The minimum Gasteiger partial charge on any atom is -0.416 e. The Morgan fingerprint density at radius 3 is 2.44 bits per heavy atom. The van der Waals surface area contributed by atoms with Gasteiger partial charge in [-0.05, 0) is 31.0 Å². The van der Waals surface area contributed by atoms with Crippen LogP contribution >= 0.6 is 12.0 Å². The number of carbonyl (C=O) groups excluding carboxylic acids is 1. The van der Waals surface area contributed by atoms with Crippen molar-refractivity contribution in [1.29, 1.82) is 0 Å². The molecule has 178 valence electrons. The van der Waals surface area contributed by atoms with Gasteiger partial charge in [0, 0.05) is 55.4 Å². The van der Waals surface area contributed by atoms with Crippen LogP contribution in [0.25, 0.3) is 22.0 Å². The number of anilines is 1. The number of nitrogens with one attached hydrogen (secondary N) is 1.